The molecule has 0 unspecified atom stereocenters. The van der Waals surface area contributed by atoms with Gasteiger partial charge in [-0.2, -0.15) is 5.10 Å². The second-order valence-electron chi connectivity index (χ2n) is 4.50. The van der Waals surface area contributed by atoms with Crippen LogP contribution in [0.2, 0.25) is 0 Å². The Morgan fingerprint density at radius 1 is 1.05 bits per heavy atom. The van der Waals surface area contributed by atoms with Crippen molar-refractivity contribution < 1.29 is 4.74 Å². The number of ether oxygens (including phenoxy) is 1. The van der Waals surface area contributed by atoms with Gasteiger partial charge in [0.1, 0.15) is 5.69 Å². The Morgan fingerprint density at radius 3 is 2.48 bits per heavy atom. The fourth-order valence-electron chi connectivity index (χ4n) is 2.05. The van der Waals surface area contributed by atoms with Crippen molar-refractivity contribution in [2.45, 2.75) is 0 Å². The summed E-state index contributed by atoms with van der Waals surface area (Å²) in [5.41, 5.74) is 2.15. The highest BCUT2D eigenvalue weighted by Gasteiger charge is 2.13. The van der Waals surface area contributed by atoms with Gasteiger partial charge in [0.25, 0.3) is 5.56 Å². The molecule has 2 heterocycles. The molecule has 0 bridgehead atoms. The molecule has 6 nitrogen and oxygen atoms in total. The predicted molar refractivity (Wildman–Crippen MR) is 78.6 cm³/mol. The minimum absolute atomic E-state index is 0.156. The maximum absolute atomic E-state index is 11.5. The van der Waals surface area contributed by atoms with Gasteiger partial charge in [0, 0.05) is 19.2 Å². The zero-order valence-corrected chi connectivity index (χ0v) is 11.7. The van der Waals surface area contributed by atoms with Crippen molar-refractivity contribution in [2.24, 2.45) is 7.05 Å². The van der Waals surface area contributed by atoms with Crippen molar-refractivity contribution in [1.82, 2.24) is 19.6 Å². The van der Waals surface area contributed by atoms with Gasteiger partial charge >= 0.3 is 0 Å². The van der Waals surface area contributed by atoms with Gasteiger partial charge in [0.15, 0.2) is 0 Å². The fourth-order valence-corrected chi connectivity index (χ4v) is 2.05. The van der Waals surface area contributed by atoms with E-state index >= 15 is 0 Å². The molecule has 0 atom stereocenters. The van der Waals surface area contributed by atoms with Crippen molar-refractivity contribution in [3.63, 3.8) is 0 Å². The number of para-hydroxylation sites is 1. The molecular formula is C15H14N4O2. The molecular weight excluding hydrogens is 268 g/mol. The normalized spacial score (nSPS) is 10.6. The Balaban J connectivity index is 2.19. The van der Waals surface area contributed by atoms with Crippen molar-refractivity contribution >= 4 is 0 Å². The first-order valence-corrected chi connectivity index (χ1v) is 6.43. The van der Waals surface area contributed by atoms with Gasteiger partial charge in [-0.3, -0.25) is 4.79 Å². The number of hydrogen-bond donors (Lipinski definition) is 0. The fraction of sp³-hybridized carbons (Fsp3) is 0.133. The van der Waals surface area contributed by atoms with Crippen LogP contribution in [0.25, 0.3) is 17.1 Å². The SMILES string of the molecule is COc1cc(-c2ccc(=O)n(C)n2)n(-c2ccccc2)n1. The molecule has 3 rings (SSSR count). The van der Waals surface area contributed by atoms with Gasteiger partial charge in [-0.05, 0) is 18.2 Å². The third-order valence-corrected chi connectivity index (χ3v) is 3.12. The minimum atomic E-state index is -0.156. The lowest BCUT2D eigenvalue weighted by molar-refractivity contribution is 0.394. The molecule has 0 aliphatic carbocycles. The minimum Gasteiger partial charge on any atom is -0.480 e. The molecule has 2 aromatic heterocycles. The summed E-state index contributed by atoms with van der Waals surface area (Å²) in [4.78, 5) is 11.5. The maximum atomic E-state index is 11.5. The number of benzene rings is 1. The van der Waals surface area contributed by atoms with Crippen molar-refractivity contribution in [1.29, 1.82) is 0 Å². The molecule has 0 N–H and O–H groups in total. The van der Waals surface area contributed by atoms with E-state index < -0.39 is 0 Å². The summed E-state index contributed by atoms with van der Waals surface area (Å²) in [5, 5.41) is 8.66. The lowest BCUT2D eigenvalue weighted by Crippen LogP contribution is -2.18. The average molecular weight is 282 g/mol. The molecule has 0 fully saturated rings. The third-order valence-electron chi connectivity index (χ3n) is 3.12. The van der Waals surface area contributed by atoms with Gasteiger partial charge < -0.3 is 4.74 Å². The quantitative estimate of drug-likeness (QED) is 0.732. The molecule has 0 radical (unpaired) electrons. The molecule has 0 aliphatic rings. The molecule has 6 heteroatoms. The summed E-state index contributed by atoms with van der Waals surface area (Å²) in [6, 6.07) is 14.6. The van der Waals surface area contributed by atoms with Gasteiger partial charge in [0.05, 0.1) is 18.5 Å². The number of nitrogens with zero attached hydrogens (tertiary/aromatic N) is 4. The van der Waals surface area contributed by atoms with Crippen LogP contribution in [0.4, 0.5) is 0 Å². The van der Waals surface area contributed by atoms with Crippen LogP contribution in [-0.4, -0.2) is 26.7 Å². The number of methoxy groups -OCH3 is 1. The number of rotatable bonds is 3. The van der Waals surface area contributed by atoms with E-state index in [2.05, 4.69) is 10.2 Å². The van der Waals surface area contributed by atoms with E-state index in [1.165, 1.54) is 10.7 Å². The summed E-state index contributed by atoms with van der Waals surface area (Å²) < 4.78 is 8.24. The average Bonchev–Trinajstić information content (AvgIpc) is 2.95. The van der Waals surface area contributed by atoms with E-state index in [-0.39, 0.29) is 5.56 Å². The lowest BCUT2D eigenvalue weighted by atomic mass is 10.2. The van der Waals surface area contributed by atoms with E-state index in [1.807, 2.05) is 30.3 Å². The van der Waals surface area contributed by atoms with Crippen LogP contribution in [0.1, 0.15) is 0 Å². The Morgan fingerprint density at radius 2 is 1.81 bits per heavy atom. The van der Waals surface area contributed by atoms with Gasteiger partial charge in [-0.1, -0.05) is 18.2 Å². The Hall–Kier alpha value is -2.89. The van der Waals surface area contributed by atoms with Gasteiger partial charge in [-0.15, -0.1) is 5.10 Å². The molecule has 0 amide bonds. The number of aryl methyl sites for hydroxylation is 1. The number of hydrogen-bond acceptors (Lipinski definition) is 4. The van der Waals surface area contributed by atoms with E-state index in [9.17, 15) is 4.79 Å². The molecule has 106 valence electrons. The summed E-state index contributed by atoms with van der Waals surface area (Å²) >= 11 is 0. The Kier molecular flexibility index (Phi) is 3.27. The molecule has 0 saturated carbocycles. The van der Waals surface area contributed by atoms with Crippen LogP contribution in [0.15, 0.2) is 53.3 Å². The highest BCUT2D eigenvalue weighted by molar-refractivity contribution is 5.59. The monoisotopic (exact) mass is 282 g/mol. The first-order chi connectivity index (χ1) is 10.2. The highest BCUT2D eigenvalue weighted by Crippen LogP contribution is 2.24. The molecule has 1 aromatic carbocycles. The van der Waals surface area contributed by atoms with Crippen molar-refractivity contribution in [3.8, 4) is 23.0 Å². The van der Waals surface area contributed by atoms with Crippen molar-refractivity contribution in [2.75, 3.05) is 7.11 Å². The first-order valence-electron chi connectivity index (χ1n) is 6.43. The summed E-state index contributed by atoms with van der Waals surface area (Å²) in [6.45, 7) is 0. The maximum Gasteiger partial charge on any atom is 0.266 e. The van der Waals surface area contributed by atoms with Gasteiger partial charge in [-0.25, -0.2) is 9.36 Å². The van der Waals surface area contributed by atoms with E-state index in [0.29, 0.717) is 11.6 Å². The molecule has 0 spiro atoms. The molecule has 0 saturated heterocycles. The van der Waals surface area contributed by atoms with Crippen LogP contribution in [-0.2, 0) is 7.05 Å². The zero-order chi connectivity index (χ0) is 14.8. The molecule has 0 aliphatic heterocycles. The van der Waals surface area contributed by atoms with Crippen molar-refractivity contribution in [3.05, 3.63) is 58.9 Å². The second-order valence-corrected chi connectivity index (χ2v) is 4.50. The zero-order valence-electron chi connectivity index (χ0n) is 11.7. The molecule has 21 heavy (non-hydrogen) atoms. The smallest absolute Gasteiger partial charge is 0.266 e. The van der Waals surface area contributed by atoms with E-state index in [1.54, 1.807) is 31.0 Å². The predicted octanol–water partition coefficient (Wildman–Crippen LogP) is 1.64. The number of aromatic nitrogens is 4. The topological polar surface area (TPSA) is 61.9 Å². The standard InChI is InChI=1S/C15H14N4O2/c1-18-15(20)9-8-12(16-18)13-10-14(21-2)17-19(13)11-6-4-3-5-7-11/h3-10H,1-2H3. The first kappa shape index (κ1) is 13.1. The second kappa shape index (κ2) is 5.24. The summed E-state index contributed by atoms with van der Waals surface area (Å²) in [6.07, 6.45) is 0. The van der Waals surface area contributed by atoms with Crippen LogP contribution in [0.3, 0.4) is 0 Å². The van der Waals surface area contributed by atoms with Crippen LogP contribution < -0.4 is 10.3 Å². The van der Waals surface area contributed by atoms with Crippen LogP contribution in [0.5, 0.6) is 5.88 Å². The molecule has 3 aromatic rings. The van der Waals surface area contributed by atoms with Crippen LogP contribution >= 0.6 is 0 Å². The Bertz CT molecular complexity index is 821. The largest absolute Gasteiger partial charge is 0.480 e. The third kappa shape index (κ3) is 2.43. The van der Waals surface area contributed by atoms with E-state index in [4.69, 9.17) is 4.74 Å². The van der Waals surface area contributed by atoms with Crippen LogP contribution in [0, 0.1) is 0 Å². The van der Waals surface area contributed by atoms with Gasteiger partial charge in [0.2, 0.25) is 5.88 Å². The Labute approximate surface area is 121 Å². The lowest BCUT2D eigenvalue weighted by Gasteiger charge is -2.07. The summed E-state index contributed by atoms with van der Waals surface area (Å²) in [7, 11) is 3.18. The van der Waals surface area contributed by atoms with E-state index in [0.717, 1.165) is 11.4 Å². The highest BCUT2D eigenvalue weighted by atomic mass is 16.5. The summed E-state index contributed by atoms with van der Waals surface area (Å²) in [5.74, 6) is 0.490.